The number of hydrogen-bond donors (Lipinski definition) is 0. The Morgan fingerprint density at radius 1 is 0.364 bits per heavy atom. The summed E-state index contributed by atoms with van der Waals surface area (Å²) in [6.07, 6.45) is 0. The Hall–Kier alpha value is -5.04. The van der Waals surface area contributed by atoms with E-state index in [0.29, 0.717) is 0 Å². The van der Waals surface area contributed by atoms with Crippen molar-refractivity contribution in [1.29, 1.82) is 0 Å². The predicted molar refractivity (Wildman–Crippen MR) is 189 cm³/mol. The summed E-state index contributed by atoms with van der Waals surface area (Å²) in [6, 6.07) is 44.3. The first-order valence-electron chi connectivity index (χ1n) is 14.8. The molecule has 44 heavy (non-hydrogen) atoms. The van der Waals surface area contributed by atoms with Crippen LogP contribution in [-0.2, 0) is 14.1 Å². The van der Waals surface area contributed by atoms with Crippen LogP contribution in [0.5, 0.6) is 0 Å². The average molecular weight is 603 g/mol. The molecule has 0 aliphatic carbocycles. The van der Waals surface area contributed by atoms with Crippen LogP contribution in [0.25, 0.3) is 85.4 Å². The van der Waals surface area contributed by atoms with E-state index in [-0.39, 0.29) is 0 Å². The number of aryl methyl sites for hydroxylation is 2. The maximum Gasteiger partial charge on any atom is 0.101 e. The van der Waals surface area contributed by atoms with Gasteiger partial charge in [0.05, 0.1) is 44.1 Å². The molecule has 6 aromatic heterocycles. The van der Waals surface area contributed by atoms with Crippen LogP contribution in [-0.4, -0.2) is 18.3 Å². The molecule has 10 aromatic rings. The number of nitrogens with zero attached hydrogens (tertiary/aromatic N) is 4. The smallest absolute Gasteiger partial charge is 0.101 e. The van der Waals surface area contributed by atoms with Gasteiger partial charge in [0.2, 0.25) is 0 Å². The van der Waals surface area contributed by atoms with Crippen LogP contribution in [0.2, 0.25) is 0 Å². The lowest BCUT2D eigenvalue weighted by Crippen LogP contribution is -1.89. The molecule has 0 saturated heterocycles. The molecule has 4 nitrogen and oxygen atoms in total. The molecule has 0 aliphatic rings. The molecule has 0 spiro atoms. The second-order valence-corrected chi connectivity index (χ2v) is 13.7. The Kier molecular flexibility index (Phi) is 4.86. The Labute approximate surface area is 260 Å². The molecule has 0 bridgehead atoms. The summed E-state index contributed by atoms with van der Waals surface area (Å²) in [5.74, 6) is 0. The molecule has 0 atom stereocenters. The molecule has 210 valence electrons. The Morgan fingerprint density at radius 2 is 0.705 bits per heavy atom. The summed E-state index contributed by atoms with van der Waals surface area (Å²) in [5, 5.41) is 7.61. The first kappa shape index (κ1) is 24.4. The third-order valence-electron chi connectivity index (χ3n) is 9.28. The second-order valence-electron chi connectivity index (χ2n) is 11.5. The van der Waals surface area contributed by atoms with E-state index in [9.17, 15) is 0 Å². The zero-order valence-electron chi connectivity index (χ0n) is 24.2. The zero-order chi connectivity index (χ0) is 29.1. The number of fused-ring (bicyclic) bond motifs is 10. The largest absolute Gasteiger partial charge is 0.342 e. The van der Waals surface area contributed by atoms with Crippen molar-refractivity contribution in [3.05, 3.63) is 121 Å². The highest BCUT2D eigenvalue weighted by Gasteiger charge is 2.22. The van der Waals surface area contributed by atoms with Gasteiger partial charge in [0, 0.05) is 45.4 Å². The van der Waals surface area contributed by atoms with Crippen molar-refractivity contribution in [2.24, 2.45) is 14.1 Å². The molecular weight excluding hydrogens is 577 g/mol. The summed E-state index contributed by atoms with van der Waals surface area (Å²) in [5.41, 5.74) is 10.1. The molecule has 6 heteroatoms. The van der Waals surface area contributed by atoms with Crippen LogP contribution in [0.1, 0.15) is 0 Å². The molecule has 0 saturated carbocycles. The molecule has 0 amide bonds. The van der Waals surface area contributed by atoms with Gasteiger partial charge in [-0.3, -0.25) is 9.13 Å². The van der Waals surface area contributed by atoms with E-state index in [0.717, 1.165) is 0 Å². The normalized spacial score (nSPS) is 12.3. The quantitative estimate of drug-likeness (QED) is 0.192. The topological polar surface area (TPSA) is 19.7 Å². The highest BCUT2D eigenvalue weighted by Crippen LogP contribution is 2.44. The minimum Gasteiger partial charge on any atom is -0.342 e. The summed E-state index contributed by atoms with van der Waals surface area (Å²) >= 11 is 3.73. The van der Waals surface area contributed by atoms with Crippen molar-refractivity contribution < 1.29 is 0 Å². The van der Waals surface area contributed by atoms with E-state index in [1.54, 1.807) is 0 Å². The number of para-hydroxylation sites is 4. The second kappa shape index (κ2) is 8.76. The number of hydrogen-bond acceptors (Lipinski definition) is 2. The molecule has 0 radical (unpaired) electrons. The average Bonchev–Trinajstić information content (AvgIpc) is 3.90. The third-order valence-corrected chi connectivity index (χ3v) is 11.6. The van der Waals surface area contributed by atoms with Gasteiger partial charge in [-0.05, 0) is 48.5 Å². The van der Waals surface area contributed by atoms with Gasteiger partial charge in [-0.1, -0.05) is 72.8 Å². The van der Waals surface area contributed by atoms with Crippen LogP contribution in [0.3, 0.4) is 0 Å². The predicted octanol–water partition coefficient (Wildman–Crippen LogP) is 10.7. The molecule has 0 N–H and O–H groups in total. The molecular formula is C38H26N4S2. The minimum absolute atomic E-state index is 1.24. The number of thiophene rings is 2. The monoisotopic (exact) mass is 602 g/mol. The van der Waals surface area contributed by atoms with E-state index < -0.39 is 0 Å². The van der Waals surface area contributed by atoms with E-state index in [4.69, 9.17) is 0 Å². The Bertz CT molecular complexity index is 2550. The fourth-order valence-electron chi connectivity index (χ4n) is 7.41. The summed E-state index contributed by atoms with van der Waals surface area (Å²) < 4.78 is 9.63. The van der Waals surface area contributed by atoms with Gasteiger partial charge in [-0.25, -0.2) is 0 Å². The van der Waals surface area contributed by atoms with Crippen molar-refractivity contribution in [3.8, 4) is 19.8 Å². The van der Waals surface area contributed by atoms with E-state index in [1.807, 2.05) is 22.7 Å². The van der Waals surface area contributed by atoms with Gasteiger partial charge in [0.25, 0.3) is 0 Å². The van der Waals surface area contributed by atoms with Crippen LogP contribution < -0.4 is 0 Å². The van der Waals surface area contributed by atoms with E-state index >= 15 is 0 Å². The number of aromatic nitrogens is 4. The summed E-state index contributed by atoms with van der Waals surface area (Å²) in [6.45, 7) is 0. The zero-order valence-corrected chi connectivity index (χ0v) is 25.8. The van der Waals surface area contributed by atoms with Crippen LogP contribution in [0, 0.1) is 0 Å². The molecule has 0 fully saturated rings. The lowest BCUT2D eigenvalue weighted by Gasteiger charge is -2.05. The Morgan fingerprint density at radius 3 is 1.11 bits per heavy atom. The van der Waals surface area contributed by atoms with Crippen molar-refractivity contribution >= 4 is 88.4 Å². The summed E-state index contributed by atoms with van der Waals surface area (Å²) in [7, 11) is 4.37. The molecule has 10 rings (SSSR count). The van der Waals surface area contributed by atoms with Crippen molar-refractivity contribution in [2.75, 3.05) is 0 Å². The van der Waals surface area contributed by atoms with Gasteiger partial charge in [-0.15, -0.1) is 22.7 Å². The Balaban J connectivity index is 1.17. The highest BCUT2D eigenvalue weighted by molar-refractivity contribution is 7.24. The van der Waals surface area contributed by atoms with Gasteiger partial charge >= 0.3 is 0 Å². The van der Waals surface area contributed by atoms with Crippen LogP contribution in [0.4, 0.5) is 0 Å². The van der Waals surface area contributed by atoms with Crippen molar-refractivity contribution in [3.63, 3.8) is 0 Å². The lowest BCUT2D eigenvalue weighted by molar-refractivity contribution is 1.02. The van der Waals surface area contributed by atoms with Gasteiger partial charge in [0.1, 0.15) is 10.0 Å². The fraction of sp³-hybridized carbons (Fsp3) is 0.0526. The summed E-state index contributed by atoms with van der Waals surface area (Å²) in [4.78, 5) is 2.57. The van der Waals surface area contributed by atoms with Crippen molar-refractivity contribution in [2.45, 2.75) is 0 Å². The molecule has 6 heterocycles. The molecule has 0 aliphatic heterocycles. The molecule has 0 unspecified atom stereocenters. The number of benzene rings is 4. The standard InChI is InChI=1S/C38H26N4S2/c1-39-27-15-7-3-11-23(27)37-35(39)25-13-5-9-17-29(25)41(37)33-21-19-31(43-33)32-20-22-34(44-32)42-30-18-10-6-14-26(30)36-38(42)24-12-4-8-16-28(24)40(36)2/h3-22H,1-2H3. The maximum atomic E-state index is 2.47. The molecule has 4 aromatic carbocycles. The third kappa shape index (κ3) is 3.06. The van der Waals surface area contributed by atoms with E-state index in [1.165, 1.54) is 85.4 Å². The number of rotatable bonds is 3. The first-order valence-corrected chi connectivity index (χ1v) is 16.5. The van der Waals surface area contributed by atoms with Gasteiger partial charge in [-0.2, -0.15) is 0 Å². The minimum atomic E-state index is 1.24. The van der Waals surface area contributed by atoms with Crippen LogP contribution >= 0.6 is 22.7 Å². The van der Waals surface area contributed by atoms with Crippen molar-refractivity contribution in [1.82, 2.24) is 18.3 Å². The van der Waals surface area contributed by atoms with Gasteiger partial charge in [0.15, 0.2) is 0 Å². The highest BCUT2D eigenvalue weighted by atomic mass is 32.1. The van der Waals surface area contributed by atoms with Gasteiger partial charge < -0.3 is 9.13 Å². The first-order chi connectivity index (χ1) is 21.7. The maximum absolute atomic E-state index is 2.47. The SMILES string of the molecule is Cn1c2ccccc2c2c1c1ccccc1n2-c1ccc(-c2ccc(-n3c4ccccc4c4c3c3ccccc3n4C)s2)s1. The fourth-order valence-corrected chi connectivity index (χ4v) is 9.56. The van der Waals surface area contributed by atoms with E-state index in [2.05, 4.69) is 154 Å². The lowest BCUT2D eigenvalue weighted by atomic mass is 10.2. The van der Waals surface area contributed by atoms with Crippen LogP contribution in [0.15, 0.2) is 121 Å².